The highest BCUT2D eigenvalue weighted by Crippen LogP contribution is 2.33. The monoisotopic (exact) mass is 274 g/mol. The molecule has 0 fully saturated rings. The number of carbonyl (C=O) groups is 1. The number of aryl methyl sites for hydroxylation is 1. The van der Waals surface area contributed by atoms with Crippen LogP contribution in [0.4, 0.5) is 13.2 Å². The number of carboxylic acid groups (broad SMARTS) is 1. The van der Waals surface area contributed by atoms with E-state index in [0.29, 0.717) is 12.7 Å². The number of aromatic nitrogens is 4. The molecule has 0 spiro atoms. The van der Waals surface area contributed by atoms with E-state index in [4.69, 9.17) is 5.11 Å². The van der Waals surface area contributed by atoms with E-state index in [9.17, 15) is 18.0 Å². The molecule has 0 aliphatic rings. The van der Waals surface area contributed by atoms with Crippen LogP contribution in [0.1, 0.15) is 22.8 Å². The molecule has 2 aromatic heterocycles. The molecule has 0 saturated carbocycles. The fourth-order valence-corrected chi connectivity index (χ4v) is 1.66. The Hall–Kier alpha value is -2.32. The van der Waals surface area contributed by atoms with Crippen LogP contribution in [-0.4, -0.2) is 30.6 Å². The van der Waals surface area contributed by atoms with E-state index in [1.165, 1.54) is 10.9 Å². The number of hydrogen-bond acceptors (Lipinski definition) is 3. The van der Waals surface area contributed by atoms with Gasteiger partial charge in [0.15, 0.2) is 5.82 Å². The van der Waals surface area contributed by atoms with Gasteiger partial charge in [0.1, 0.15) is 0 Å². The van der Waals surface area contributed by atoms with Gasteiger partial charge in [-0.15, -0.1) is 5.10 Å². The molecule has 0 aliphatic carbocycles. The Morgan fingerprint density at radius 2 is 2.11 bits per heavy atom. The summed E-state index contributed by atoms with van der Waals surface area (Å²) in [6, 6.07) is 0. The van der Waals surface area contributed by atoms with Crippen LogP contribution in [0.3, 0.4) is 0 Å². The molecule has 0 radical (unpaired) electrons. The molecule has 0 amide bonds. The molecule has 0 unspecified atom stereocenters. The molecule has 102 valence electrons. The first-order valence-corrected chi connectivity index (χ1v) is 5.26. The molecule has 0 atom stereocenters. The van der Waals surface area contributed by atoms with Gasteiger partial charge in [-0.05, 0) is 6.92 Å². The topological polar surface area (TPSA) is 72.9 Å². The van der Waals surface area contributed by atoms with E-state index in [2.05, 4.69) is 10.3 Å². The lowest BCUT2D eigenvalue weighted by atomic mass is 10.2. The second-order valence-electron chi connectivity index (χ2n) is 3.70. The molecule has 19 heavy (non-hydrogen) atoms. The van der Waals surface area contributed by atoms with Crippen LogP contribution in [-0.2, 0) is 12.7 Å². The molecule has 0 saturated heterocycles. The summed E-state index contributed by atoms with van der Waals surface area (Å²) in [5.74, 6) is -1.37. The van der Waals surface area contributed by atoms with Gasteiger partial charge in [-0.2, -0.15) is 13.2 Å². The number of nitrogens with zero attached hydrogens (tertiary/aromatic N) is 4. The summed E-state index contributed by atoms with van der Waals surface area (Å²) in [5.41, 5.74) is -2.01. The van der Waals surface area contributed by atoms with Gasteiger partial charge in [-0.3, -0.25) is 0 Å². The molecule has 2 heterocycles. The smallest absolute Gasteiger partial charge is 0.418 e. The Kier molecular flexibility index (Phi) is 3.05. The Bertz CT molecular complexity index is 615. The predicted molar refractivity (Wildman–Crippen MR) is 57.0 cm³/mol. The van der Waals surface area contributed by atoms with Crippen LogP contribution in [0.2, 0.25) is 0 Å². The first-order valence-electron chi connectivity index (χ1n) is 5.26. The number of halogens is 3. The van der Waals surface area contributed by atoms with Gasteiger partial charge in [-0.25, -0.2) is 9.48 Å². The van der Waals surface area contributed by atoms with Crippen molar-refractivity contribution in [3.05, 3.63) is 29.7 Å². The number of carboxylic acids is 1. The van der Waals surface area contributed by atoms with E-state index in [-0.39, 0.29) is 5.82 Å². The van der Waals surface area contributed by atoms with Gasteiger partial charge in [0.05, 0.1) is 17.3 Å². The Morgan fingerprint density at radius 1 is 1.42 bits per heavy atom. The molecule has 0 aliphatic heterocycles. The highest BCUT2D eigenvalue weighted by molar-refractivity contribution is 5.89. The molecule has 6 nitrogen and oxygen atoms in total. The second-order valence-corrected chi connectivity index (χ2v) is 3.70. The van der Waals surface area contributed by atoms with Crippen molar-refractivity contribution in [1.82, 2.24) is 19.6 Å². The van der Waals surface area contributed by atoms with Crippen LogP contribution in [0, 0.1) is 0 Å². The second kappa shape index (κ2) is 4.41. The molecular weight excluding hydrogens is 265 g/mol. The fraction of sp³-hybridized carbons (Fsp3) is 0.300. The average Bonchev–Trinajstić information content (AvgIpc) is 2.93. The molecule has 2 aromatic rings. The molecule has 1 N–H and O–H groups in total. The standard InChI is InChI=1S/C10H9F3N4O2/c1-2-17-8(3-14-15-17)16-4-6(9(18)19)7(5-16)10(11,12)13/h3-5H,2H2,1H3,(H,18,19). The van der Waals surface area contributed by atoms with Crippen LogP contribution < -0.4 is 0 Å². The third-order valence-electron chi connectivity index (χ3n) is 2.52. The summed E-state index contributed by atoms with van der Waals surface area (Å²) < 4.78 is 40.6. The number of hydrogen-bond donors (Lipinski definition) is 1. The summed E-state index contributed by atoms with van der Waals surface area (Å²) in [5, 5.41) is 16.1. The quantitative estimate of drug-likeness (QED) is 0.926. The number of rotatable bonds is 3. The predicted octanol–water partition coefficient (Wildman–Crippen LogP) is 1.81. The maximum Gasteiger partial charge on any atom is 0.418 e. The molecular formula is C10H9F3N4O2. The van der Waals surface area contributed by atoms with Crippen molar-refractivity contribution < 1.29 is 23.1 Å². The van der Waals surface area contributed by atoms with Crippen molar-refractivity contribution in [3.63, 3.8) is 0 Å². The van der Waals surface area contributed by atoms with E-state index >= 15 is 0 Å². The number of aromatic carboxylic acids is 1. The van der Waals surface area contributed by atoms with E-state index < -0.39 is 23.3 Å². The molecule has 0 bridgehead atoms. The minimum atomic E-state index is -4.73. The summed E-state index contributed by atoms with van der Waals surface area (Å²) in [4.78, 5) is 10.9. The highest BCUT2D eigenvalue weighted by atomic mass is 19.4. The lowest BCUT2D eigenvalue weighted by molar-refractivity contribution is -0.138. The van der Waals surface area contributed by atoms with Gasteiger partial charge >= 0.3 is 12.1 Å². The van der Waals surface area contributed by atoms with Gasteiger partial charge in [0.2, 0.25) is 0 Å². The Balaban J connectivity index is 2.59. The zero-order chi connectivity index (χ0) is 14.2. The van der Waals surface area contributed by atoms with Crippen LogP contribution in [0.15, 0.2) is 18.6 Å². The minimum absolute atomic E-state index is 0.264. The molecule has 0 aromatic carbocycles. The van der Waals surface area contributed by atoms with Crippen LogP contribution >= 0.6 is 0 Å². The van der Waals surface area contributed by atoms with E-state index in [1.54, 1.807) is 6.92 Å². The van der Waals surface area contributed by atoms with Crippen molar-refractivity contribution in [1.29, 1.82) is 0 Å². The number of alkyl halides is 3. The molecule has 9 heteroatoms. The molecule has 2 rings (SSSR count). The van der Waals surface area contributed by atoms with Crippen molar-refractivity contribution in [3.8, 4) is 5.82 Å². The van der Waals surface area contributed by atoms with Crippen molar-refractivity contribution in [2.45, 2.75) is 19.6 Å². The first kappa shape index (κ1) is 13.1. The SMILES string of the molecule is CCn1nncc1-n1cc(C(=O)O)c(C(F)(F)F)c1. The largest absolute Gasteiger partial charge is 0.478 e. The maximum absolute atomic E-state index is 12.7. The normalized spacial score (nSPS) is 11.8. The fourth-order valence-electron chi connectivity index (χ4n) is 1.66. The lowest BCUT2D eigenvalue weighted by Crippen LogP contribution is -2.09. The summed E-state index contributed by atoms with van der Waals surface area (Å²) >= 11 is 0. The van der Waals surface area contributed by atoms with Crippen molar-refractivity contribution in [2.75, 3.05) is 0 Å². The third-order valence-corrected chi connectivity index (χ3v) is 2.52. The van der Waals surface area contributed by atoms with Crippen molar-refractivity contribution >= 4 is 5.97 Å². The Morgan fingerprint density at radius 3 is 2.58 bits per heavy atom. The van der Waals surface area contributed by atoms with E-state index in [0.717, 1.165) is 10.8 Å². The van der Waals surface area contributed by atoms with Crippen LogP contribution in [0.25, 0.3) is 5.82 Å². The van der Waals surface area contributed by atoms with Gasteiger partial charge in [-0.1, -0.05) is 5.21 Å². The zero-order valence-corrected chi connectivity index (χ0v) is 9.72. The summed E-state index contributed by atoms with van der Waals surface area (Å²) in [6.45, 7) is 2.14. The highest BCUT2D eigenvalue weighted by Gasteiger charge is 2.37. The van der Waals surface area contributed by atoms with Gasteiger partial charge < -0.3 is 9.67 Å². The first-order chi connectivity index (χ1) is 8.84. The van der Waals surface area contributed by atoms with Crippen molar-refractivity contribution in [2.24, 2.45) is 0 Å². The minimum Gasteiger partial charge on any atom is -0.478 e. The maximum atomic E-state index is 12.7. The summed E-state index contributed by atoms with van der Waals surface area (Å²) in [6.07, 6.45) is -1.86. The van der Waals surface area contributed by atoms with Gasteiger partial charge in [0, 0.05) is 18.9 Å². The zero-order valence-electron chi connectivity index (χ0n) is 9.72. The van der Waals surface area contributed by atoms with Gasteiger partial charge in [0.25, 0.3) is 0 Å². The van der Waals surface area contributed by atoms with Crippen LogP contribution in [0.5, 0.6) is 0 Å². The lowest BCUT2D eigenvalue weighted by Gasteiger charge is -2.05. The third kappa shape index (κ3) is 2.30. The average molecular weight is 274 g/mol. The summed E-state index contributed by atoms with van der Waals surface area (Å²) in [7, 11) is 0. The van der Waals surface area contributed by atoms with E-state index in [1.807, 2.05) is 0 Å². The Labute approximate surface area is 105 Å².